The Hall–Kier alpha value is -1.51. The average Bonchev–Trinajstić information content (AvgIpc) is 2.14. The summed E-state index contributed by atoms with van der Waals surface area (Å²) in [5.41, 5.74) is 1.97. The first-order valence-corrected chi connectivity index (χ1v) is 5.71. The van der Waals surface area contributed by atoms with Crippen molar-refractivity contribution in [1.29, 1.82) is 0 Å². The van der Waals surface area contributed by atoms with E-state index in [2.05, 4.69) is 11.9 Å². The van der Waals surface area contributed by atoms with Crippen LogP contribution in [0.3, 0.4) is 0 Å². The molecule has 0 aliphatic heterocycles. The lowest BCUT2D eigenvalue weighted by atomic mass is 9.91. The smallest absolute Gasteiger partial charge is 0.307 e. The fourth-order valence-corrected chi connectivity index (χ4v) is 2.14. The number of para-hydroxylation sites is 1. The maximum absolute atomic E-state index is 10.8. The molecular formula is C13H17NO2. The maximum Gasteiger partial charge on any atom is 0.307 e. The molecule has 2 rings (SSSR count). The quantitative estimate of drug-likeness (QED) is 0.844. The van der Waals surface area contributed by atoms with Crippen molar-refractivity contribution in [2.45, 2.75) is 31.7 Å². The SMILES string of the molecule is CN(c1ccccc1CC(=O)O)C1CCC1. The van der Waals surface area contributed by atoms with Crippen molar-refractivity contribution >= 4 is 11.7 Å². The number of benzene rings is 1. The average molecular weight is 219 g/mol. The highest BCUT2D eigenvalue weighted by atomic mass is 16.4. The van der Waals surface area contributed by atoms with E-state index in [0.29, 0.717) is 6.04 Å². The van der Waals surface area contributed by atoms with E-state index in [4.69, 9.17) is 5.11 Å². The van der Waals surface area contributed by atoms with E-state index >= 15 is 0 Å². The Morgan fingerprint density at radius 3 is 2.69 bits per heavy atom. The first kappa shape index (κ1) is 11.0. The van der Waals surface area contributed by atoms with Gasteiger partial charge in [0.25, 0.3) is 0 Å². The number of carboxylic acids is 1. The molecule has 1 aromatic carbocycles. The van der Waals surface area contributed by atoms with Crippen LogP contribution in [0.4, 0.5) is 5.69 Å². The summed E-state index contributed by atoms with van der Waals surface area (Å²) in [6.07, 6.45) is 3.83. The van der Waals surface area contributed by atoms with Crippen LogP contribution in [-0.4, -0.2) is 24.2 Å². The van der Waals surface area contributed by atoms with Gasteiger partial charge in [0, 0.05) is 18.8 Å². The van der Waals surface area contributed by atoms with Gasteiger partial charge >= 0.3 is 5.97 Å². The first-order valence-electron chi connectivity index (χ1n) is 5.71. The molecule has 1 saturated carbocycles. The van der Waals surface area contributed by atoms with Crippen LogP contribution in [0.1, 0.15) is 24.8 Å². The van der Waals surface area contributed by atoms with Gasteiger partial charge in [-0.25, -0.2) is 0 Å². The number of carbonyl (C=O) groups is 1. The highest BCUT2D eigenvalue weighted by Crippen LogP contribution is 2.30. The van der Waals surface area contributed by atoms with Gasteiger partial charge in [-0.1, -0.05) is 18.2 Å². The first-order chi connectivity index (χ1) is 7.68. The van der Waals surface area contributed by atoms with Gasteiger partial charge in [0.15, 0.2) is 0 Å². The number of carboxylic acid groups (broad SMARTS) is 1. The molecule has 0 heterocycles. The van der Waals surface area contributed by atoms with Crippen molar-refractivity contribution in [2.75, 3.05) is 11.9 Å². The van der Waals surface area contributed by atoms with Crippen molar-refractivity contribution in [3.63, 3.8) is 0 Å². The van der Waals surface area contributed by atoms with Gasteiger partial charge in [0.1, 0.15) is 0 Å². The third kappa shape index (κ3) is 2.18. The fraction of sp³-hybridized carbons (Fsp3) is 0.462. The minimum Gasteiger partial charge on any atom is -0.481 e. The van der Waals surface area contributed by atoms with Crippen LogP contribution in [0, 0.1) is 0 Å². The summed E-state index contributed by atoms with van der Waals surface area (Å²) in [4.78, 5) is 13.0. The summed E-state index contributed by atoms with van der Waals surface area (Å²) in [6.45, 7) is 0. The molecule has 1 fully saturated rings. The van der Waals surface area contributed by atoms with E-state index in [0.717, 1.165) is 11.3 Å². The van der Waals surface area contributed by atoms with Crippen LogP contribution >= 0.6 is 0 Å². The Bertz CT molecular complexity index is 385. The van der Waals surface area contributed by atoms with Gasteiger partial charge in [-0.15, -0.1) is 0 Å². The summed E-state index contributed by atoms with van der Waals surface area (Å²) in [5, 5.41) is 8.86. The molecule has 0 spiro atoms. The topological polar surface area (TPSA) is 40.5 Å². The van der Waals surface area contributed by atoms with Gasteiger partial charge in [0.2, 0.25) is 0 Å². The molecule has 0 saturated heterocycles. The van der Waals surface area contributed by atoms with Crippen LogP contribution in [0.5, 0.6) is 0 Å². The monoisotopic (exact) mass is 219 g/mol. The lowest BCUT2D eigenvalue weighted by Crippen LogP contribution is -2.37. The van der Waals surface area contributed by atoms with Crippen LogP contribution in [0.25, 0.3) is 0 Å². The third-order valence-corrected chi connectivity index (χ3v) is 3.34. The second-order valence-corrected chi connectivity index (χ2v) is 4.39. The molecule has 1 aromatic rings. The van der Waals surface area contributed by atoms with Gasteiger partial charge in [0.05, 0.1) is 6.42 Å². The van der Waals surface area contributed by atoms with Crippen molar-refractivity contribution in [1.82, 2.24) is 0 Å². The molecule has 0 unspecified atom stereocenters. The predicted octanol–water partition coefficient (Wildman–Crippen LogP) is 2.30. The fourth-order valence-electron chi connectivity index (χ4n) is 2.14. The highest BCUT2D eigenvalue weighted by molar-refractivity contribution is 5.73. The van der Waals surface area contributed by atoms with Gasteiger partial charge in [-0.05, 0) is 30.9 Å². The van der Waals surface area contributed by atoms with E-state index < -0.39 is 5.97 Å². The normalized spacial score (nSPS) is 15.6. The molecular weight excluding hydrogens is 202 g/mol. The number of nitrogens with zero attached hydrogens (tertiary/aromatic N) is 1. The zero-order valence-corrected chi connectivity index (χ0v) is 9.52. The Balaban J connectivity index is 2.20. The van der Waals surface area contributed by atoms with E-state index in [1.54, 1.807) is 0 Å². The molecule has 0 amide bonds. The number of aliphatic carboxylic acids is 1. The van der Waals surface area contributed by atoms with Crippen molar-refractivity contribution < 1.29 is 9.90 Å². The summed E-state index contributed by atoms with van der Waals surface area (Å²) in [5.74, 6) is -0.769. The van der Waals surface area contributed by atoms with Gasteiger partial charge in [-0.2, -0.15) is 0 Å². The van der Waals surface area contributed by atoms with E-state index in [-0.39, 0.29) is 6.42 Å². The van der Waals surface area contributed by atoms with Gasteiger partial charge < -0.3 is 10.0 Å². The number of hydrogen-bond donors (Lipinski definition) is 1. The van der Waals surface area contributed by atoms with E-state index in [1.807, 2.05) is 24.3 Å². The minimum absolute atomic E-state index is 0.104. The number of hydrogen-bond acceptors (Lipinski definition) is 2. The zero-order valence-electron chi connectivity index (χ0n) is 9.52. The number of anilines is 1. The second kappa shape index (κ2) is 4.56. The lowest BCUT2D eigenvalue weighted by molar-refractivity contribution is -0.136. The lowest BCUT2D eigenvalue weighted by Gasteiger charge is -2.37. The molecule has 1 N–H and O–H groups in total. The number of rotatable bonds is 4. The standard InChI is InChI=1S/C13H17NO2/c1-14(11-6-4-7-11)12-8-3-2-5-10(12)9-13(15)16/h2-3,5,8,11H,4,6-7,9H2,1H3,(H,15,16). The molecule has 3 nitrogen and oxygen atoms in total. The molecule has 0 bridgehead atoms. The molecule has 0 aromatic heterocycles. The maximum atomic E-state index is 10.8. The van der Waals surface area contributed by atoms with Crippen LogP contribution in [0.2, 0.25) is 0 Å². The van der Waals surface area contributed by atoms with Crippen LogP contribution in [0.15, 0.2) is 24.3 Å². The molecule has 1 aliphatic carbocycles. The van der Waals surface area contributed by atoms with Crippen molar-refractivity contribution in [3.8, 4) is 0 Å². The van der Waals surface area contributed by atoms with E-state index in [9.17, 15) is 4.79 Å². The second-order valence-electron chi connectivity index (χ2n) is 4.39. The Morgan fingerprint density at radius 2 is 2.12 bits per heavy atom. The molecule has 3 heteroatoms. The predicted molar refractivity (Wildman–Crippen MR) is 63.8 cm³/mol. The van der Waals surface area contributed by atoms with Crippen LogP contribution in [-0.2, 0) is 11.2 Å². The Labute approximate surface area is 95.7 Å². The van der Waals surface area contributed by atoms with E-state index in [1.165, 1.54) is 19.3 Å². The van der Waals surface area contributed by atoms with Gasteiger partial charge in [-0.3, -0.25) is 4.79 Å². The minimum atomic E-state index is -0.769. The highest BCUT2D eigenvalue weighted by Gasteiger charge is 2.23. The van der Waals surface area contributed by atoms with Crippen LogP contribution < -0.4 is 4.90 Å². The zero-order chi connectivity index (χ0) is 11.5. The molecule has 0 radical (unpaired) electrons. The van der Waals surface area contributed by atoms with Crippen molar-refractivity contribution in [3.05, 3.63) is 29.8 Å². The summed E-state index contributed by atoms with van der Waals surface area (Å²) in [7, 11) is 2.06. The van der Waals surface area contributed by atoms with Crippen molar-refractivity contribution in [2.24, 2.45) is 0 Å². The molecule has 86 valence electrons. The molecule has 1 aliphatic rings. The summed E-state index contributed by atoms with van der Waals surface area (Å²) < 4.78 is 0. The Morgan fingerprint density at radius 1 is 1.44 bits per heavy atom. The molecule has 16 heavy (non-hydrogen) atoms. The summed E-state index contributed by atoms with van der Waals surface area (Å²) in [6, 6.07) is 8.37. The Kier molecular flexibility index (Phi) is 3.13. The largest absolute Gasteiger partial charge is 0.481 e. The molecule has 0 atom stereocenters. The third-order valence-electron chi connectivity index (χ3n) is 3.34. The summed E-state index contributed by atoms with van der Waals surface area (Å²) >= 11 is 0.